The number of nitrogens with one attached hydrogen (secondary N) is 2. The summed E-state index contributed by atoms with van der Waals surface area (Å²) in [4.78, 5) is 14.5. The predicted octanol–water partition coefficient (Wildman–Crippen LogP) is 1.96. The highest BCUT2D eigenvalue weighted by Crippen LogP contribution is 2.16. The molecule has 0 amide bonds. The minimum atomic E-state index is 0. The number of aryl methyl sites for hydroxylation is 4. The van der Waals surface area contributed by atoms with Gasteiger partial charge in [-0.25, -0.2) is 14.6 Å². The molecule has 1 atom stereocenters. The van der Waals surface area contributed by atoms with Crippen molar-refractivity contribution in [3.8, 4) is 0 Å². The maximum atomic E-state index is 4.46. The fraction of sp³-hybridized carbons (Fsp3) is 0.600. The second kappa shape index (κ2) is 8.24. The van der Waals surface area contributed by atoms with Crippen LogP contribution in [-0.2, 0) is 19.5 Å². The molecule has 2 aromatic rings. The summed E-state index contributed by atoms with van der Waals surface area (Å²) >= 11 is 1.73. The Kier molecular flexibility index (Phi) is 6.55. The fourth-order valence-electron chi connectivity index (χ4n) is 2.84. The van der Waals surface area contributed by atoms with Gasteiger partial charge in [-0.1, -0.05) is 0 Å². The summed E-state index contributed by atoms with van der Waals surface area (Å²) in [7, 11) is 1.80. The van der Waals surface area contributed by atoms with Crippen LogP contribution in [0.1, 0.15) is 33.6 Å². The molecule has 1 aliphatic rings. The zero-order chi connectivity index (χ0) is 16.4. The molecule has 2 N–H and O–H groups in total. The summed E-state index contributed by atoms with van der Waals surface area (Å²) in [6.45, 7) is 7.60. The van der Waals surface area contributed by atoms with Gasteiger partial charge >= 0.3 is 0 Å². The highest BCUT2D eigenvalue weighted by atomic mass is 127. The lowest BCUT2D eigenvalue weighted by Crippen LogP contribution is -2.46. The molecule has 0 radical (unpaired) electrons. The van der Waals surface area contributed by atoms with Gasteiger partial charge in [-0.05, 0) is 27.2 Å². The molecule has 0 spiro atoms. The van der Waals surface area contributed by atoms with E-state index in [1.54, 1.807) is 18.4 Å². The smallest absolute Gasteiger partial charge is 0.191 e. The van der Waals surface area contributed by atoms with Crippen molar-refractivity contribution in [1.82, 2.24) is 30.4 Å². The molecule has 0 bridgehead atoms. The zero-order valence-electron chi connectivity index (χ0n) is 14.5. The number of rotatable bonds is 3. The lowest BCUT2D eigenvalue weighted by Gasteiger charge is -2.25. The van der Waals surface area contributed by atoms with Crippen LogP contribution in [0.2, 0.25) is 0 Å². The van der Waals surface area contributed by atoms with Gasteiger partial charge in [0.25, 0.3) is 0 Å². The summed E-state index contributed by atoms with van der Waals surface area (Å²) < 4.78 is 2.00. The molecule has 0 saturated heterocycles. The molecule has 1 unspecified atom stereocenters. The SMILES string of the molecule is CN=C(NCc1sc(C)nc1C)NC1CCc2nc(C)nn2C1.I. The first kappa shape index (κ1) is 19.1. The standard InChI is InChI=1S/C15H23N7S.HI/c1-9-13(23-11(3)18-9)7-17-15(16-4)20-12-5-6-14-19-10(2)21-22(14)8-12;/h12H,5-8H2,1-4H3,(H2,16,17,20);1H. The summed E-state index contributed by atoms with van der Waals surface area (Å²) in [6.07, 6.45) is 1.99. The second-order valence-corrected chi connectivity index (χ2v) is 7.09. The van der Waals surface area contributed by atoms with Crippen LogP contribution in [0, 0.1) is 20.8 Å². The Bertz CT molecular complexity index is 721. The highest BCUT2D eigenvalue weighted by molar-refractivity contribution is 14.0. The topological polar surface area (TPSA) is 80.0 Å². The molecule has 3 heterocycles. The second-order valence-electron chi connectivity index (χ2n) is 5.80. The third kappa shape index (κ3) is 4.44. The van der Waals surface area contributed by atoms with Crippen molar-refractivity contribution in [2.45, 2.75) is 52.7 Å². The third-order valence-electron chi connectivity index (χ3n) is 3.94. The van der Waals surface area contributed by atoms with Gasteiger partial charge in [-0.15, -0.1) is 35.3 Å². The van der Waals surface area contributed by atoms with Gasteiger partial charge in [0.1, 0.15) is 11.6 Å². The normalized spacial score (nSPS) is 17.2. The van der Waals surface area contributed by atoms with E-state index in [0.717, 1.165) is 54.2 Å². The average molecular weight is 461 g/mol. The molecule has 3 rings (SSSR count). The average Bonchev–Trinajstić information content (AvgIpc) is 3.03. The number of hydrogen-bond acceptors (Lipinski definition) is 5. The molecule has 0 saturated carbocycles. The van der Waals surface area contributed by atoms with E-state index in [4.69, 9.17) is 0 Å². The van der Waals surface area contributed by atoms with Crippen molar-refractivity contribution in [3.05, 3.63) is 27.2 Å². The van der Waals surface area contributed by atoms with Gasteiger partial charge in [0.05, 0.1) is 23.8 Å². The number of aliphatic imine (C=N–C) groups is 1. The summed E-state index contributed by atoms with van der Waals surface area (Å²) in [6, 6.07) is 0.319. The van der Waals surface area contributed by atoms with Gasteiger partial charge in [0, 0.05) is 24.4 Å². The number of halogens is 1. The third-order valence-corrected chi connectivity index (χ3v) is 5.02. The van der Waals surface area contributed by atoms with E-state index < -0.39 is 0 Å². The Labute approximate surface area is 163 Å². The van der Waals surface area contributed by atoms with Crippen molar-refractivity contribution in [1.29, 1.82) is 0 Å². The number of hydrogen-bond donors (Lipinski definition) is 2. The molecule has 7 nitrogen and oxygen atoms in total. The zero-order valence-corrected chi connectivity index (χ0v) is 17.6. The first-order chi connectivity index (χ1) is 11.0. The Balaban J connectivity index is 0.00000208. The molecule has 132 valence electrons. The van der Waals surface area contributed by atoms with Gasteiger partial charge < -0.3 is 10.6 Å². The molecular formula is C15H24IN7S. The van der Waals surface area contributed by atoms with E-state index in [1.165, 1.54) is 4.88 Å². The van der Waals surface area contributed by atoms with Crippen molar-refractivity contribution in [2.24, 2.45) is 4.99 Å². The van der Waals surface area contributed by atoms with Crippen LogP contribution in [-0.4, -0.2) is 38.8 Å². The van der Waals surface area contributed by atoms with E-state index in [9.17, 15) is 0 Å². The van der Waals surface area contributed by atoms with Gasteiger partial charge in [-0.2, -0.15) is 5.10 Å². The maximum Gasteiger partial charge on any atom is 0.191 e. The molecule has 2 aromatic heterocycles. The quantitative estimate of drug-likeness (QED) is 0.415. The van der Waals surface area contributed by atoms with E-state index >= 15 is 0 Å². The monoisotopic (exact) mass is 461 g/mol. The van der Waals surface area contributed by atoms with Crippen molar-refractivity contribution in [2.75, 3.05) is 7.05 Å². The molecule has 1 aliphatic heterocycles. The van der Waals surface area contributed by atoms with Crippen molar-refractivity contribution in [3.63, 3.8) is 0 Å². The van der Waals surface area contributed by atoms with Crippen LogP contribution in [0.5, 0.6) is 0 Å². The fourth-order valence-corrected chi connectivity index (χ4v) is 3.72. The highest BCUT2D eigenvalue weighted by Gasteiger charge is 2.21. The number of aromatic nitrogens is 4. The molecule has 0 aliphatic carbocycles. The lowest BCUT2D eigenvalue weighted by atomic mass is 10.1. The Morgan fingerprint density at radius 3 is 2.79 bits per heavy atom. The minimum Gasteiger partial charge on any atom is -0.352 e. The molecule has 0 aromatic carbocycles. The first-order valence-electron chi connectivity index (χ1n) is 7.85. The molecular weight excluding hydrogens is 437 g/mol. The number of guanidine groups is 1. The molecule has 0 fully saturated rings. The van der Waals surface area contributed by atoms with Crippen LogP contribution in [0.15, 0.2) is 4.99 Å². The van der Waals surface area contributed by atoms with Gasteiger partial charge in [-0.3, -0.25) is 4.99 Å². The van der Waals surface area contributed by atoms with Crippen molar-refractivity contribution >= 4 is 41.3 Å². The van der Waals surface area contributed by atoms with Crippen LogP contribution in [0.4, 0.5) is 0 Å². The molecule has 24 heavy (non-hydrogen) atoms. The Morgan fingerprint density at radius 2 is 2.12 bits per heavy atom. The first-order valence-corrected chi connectivity index (χ1v) is 8.67. The van der Waals surface area contributed by atoms with Gasteiger partial charge in [0.2, 0.25) is 0 Å². The van der Waals surface area contributed by atoms with Crippen LogP contribution in [0.3, 0.4) is 0 Å². The number of fused-ring (bicyclic) bond motifs is 1. The summed E-state index contributed by atoms with van der Waals surface area (Å²) in [5.74, 6) is 2.75. The number of nitrogens with zero attached hydrogens (tertiary/aromatic N) is 5. The van der Waals surface area contributed by atoms with E-state index in [1.807, 2.05) is 25.5 Å². The molecule has 9 heteroatoms. The van der Waals surface area contributed by atoms with E-state index in [-0.39, 0.29) is 24.0 Å². The van der Waals surface area contributed by atoms with Crippen LogP contribution in [0.25, 0.3) is 0 Å². The summed E-state index contributed by atoms with van der Waals surface area (Å²) in [5, 5.41) is 12.4. The minimum absolute atomic E-state index is 0. The van der Waals surface area contributed by atoms with E-state index in [0.29, 0.717) is 6.04 Å². The van der Waals surface area contributed by atoms with Crippen molar-refractivity contribution < 1.29 is 0 Å². The van der Waals surface area contributed by atoms with Crippen LogP contribution < -0.4 is 10.6 Å². The Hall–Kier alpha value is -1.23. The number of thiazole rings is 1. The lowest BCUT2D eigenvalue weighted by molar-refractivity contribution is 0.392. The summed E-state index contributed by atoms with van der Waals surface area (Å²) in [5.41, 5.74) is 1.09. The largest absolute Gasteiger partial charge is 0.352 e. The Morgan fingerprint density at radius 1 is 1.33 bits per heavy atom. The van der Waals surface area contributed by atoms with E-state index in [2.05, 4.69) is 30.7 Å². The van der Waals surface area contributed by atoms with Crippen LogP contribution >= 0.6 is 35.3 Å². The maximum absolute atomic E-state index is 4.46. The predicted molar refractivity (Wildman–Crippen MR) is 107 cm³/mol. The van der Waals surface area contributed by atoms with Gasteiger partial charge in [0.15, 0.2) is 5.96 Å².